The van der Waals surface area contributed by atoms with E-state index in [1.807, 2.05) is 0 Å². The largest absolute Gasteiger partial charge is 0.486 e. The molecule has 1 aromatic rings. The SMILES string of the molecule is COC(=O)c1cccc2c1N=CCO2. The molecule has 0 bridgehead atoms. The Morgan fingerprint density at radius 2 is 2.43 bits per heavy atom. The van der Waals surface area contributed by atoms with Crippen LogP contribution in [0.3, 0.4) is 0 Å². The Balaban J connectivity index is 2.52. The van der Waals surface area contributed by atoms with Crippen LogP contribution in [0.4, 0.5) is 5.69 Å². The minimum absolute atomic E-state index is 0.399. The van der Waals surface area contributed by atoms with Crippen LogP contribution < -0.4 is 4.74 Å². The van der Waals surface area contributed by atoms with E-state index in [2.05, 4.69) is 9.73 Å². The zero-order valence-electron chi connectivity index (χ0n) is 7.69. The first kappa shape index (κ1) is 8.74. The lowest BCUT2D eigenvalue weighted by Gasteiger charge is -2.13. The van der Waals surface area contributed by atoms with Crippen molar-refractivity contribution in [3.8, 4) is 5.75 Å². The molecule has 0 N–H and O–H groups in total. The maximum atomic E-state index is 11.3. The highest BCUT2D eigenvalue weighted by Crippen LogP contribution is 2.33. The predicted octanol–water partition coefficient (Wildman–Crippen LogP) is 1.57. The summed E-state index contributed by atoms with van der Waals surface area (Å²) in [6, 6.07) is 5.18. The summed E-state index contributed by atoms with van der Waals surface area (Å²) in [5.74, 6) is 0.222. The Bertz CT molecular complexity index is 398. The number of methoxy groups -OCH3 is 1. The van der Waals surface area contributed by atoms with Gasteiger partial charge in [-0.3, -0.25) is 4.99 Å². The summed E-state index contributed by atoms with van der Waals surface area (Å²) in [6.45, 7) is 0.442. The van der Waals surface area contributed by atoms with Gasteiger partial charge in [0.05, 0.1) is 12.7 Å². The molecule has 1 aromatic carbocycles. The number of aliphatic imine (C=N–C) groups is 1. The van der Waals surface area contributed by atoms with Crippen LogP contribution >= 0.6 is 0 Å². The van der Waals surface area contributed by atoms with E-state index in [0.717, 1.165) is 0 Å². The quantitative estimate of drug-likeness (QED) is 0.633. The first-order chi connectivity index (χ1) is 6.83. The molecule has 0 amide bonds. The number of nitrogens with zero attached hydrogens (tertiary/aromatic N) is 1. The standard InChI is InChI=1S/C10H9NO3/c1-13-10(12)7-3-2-4-8-9(7)11-5-6-14-8/h2-5H,6H2,1H3. The Kier molecular flexibility index (Phi) is 2.18. The van der Waals surface area contributed by atoms with E-state index in [0.29, 0.717) is 23.6 Å². The average Bonchev–Trinajstić information content (AvgIpc) is 2.27. The van der Waals surface area contributed by atoms with Crippen molar-refractivity contribution in [2.45, 2.75) is 0 Å². The minimum Gasteiger partial charge on any atom is -0.486 e. The van der Waals surface area contributed by atoms with Crippen LogP contribution in [-0.4, -0.2) is 25.9 Å². The molecule has 0 saturated carbocycles. The minimum atomic E-state index is -0.399. The van der Waals surface area contributed by atoms with Crippen LogP contribution in [0.5, 0.6) is 5.75 Å². The number of fused-ring (bicyclic) bond motifs is 1. The van der Waals surface area contributed by atoms with E-state index in [1.54, 1.807) is 24.4 Å². The van der Waals surface area contributed by atoms with Gasteiger partial charge in [0.25, 0.3) is 0 Å². The fourth-order valence-electron chi connectivity index (χ4n) is 1.30. The third-order valence-corrected chi connectivity index (χ3v) is 1.94. The monoisotopic (exact) mass is 191 g/mol. The molecular weight excluding hydrogens is 182 g/mol. The van der Waals surface area contributed by atoms with Crippen molar-refractivity contribution in [3.63, 3.8) is 0 Å². The second-order valence-electron chi connectivity index (χ2n) is 2.77. The van der Waals surface area contributed by atoms with E-state index in [9.17, 15) is 4.79 Å². The van der Waals surface area contributed by atoms with Crippen molar-refractivity contribution in [2.24, 2.45) is 4.99 Å². The molecule has 4 nitrogen and oxygen atoms in total. The Morgan fingerprint density at radius 3 is 3.21 bits per heavy atom. The summed E-state index contributed by atoms with van der Waals surface area (Å²) in [5.41, 5.74) is 0.978. The van der Waals surface area contributed by atoms with Gasteiger partial charge in [-0.2, -0.15) is 0 Å². The fraction of sp³-hybridized carbons (Fsp3) is 0.200. The van der Waals surface area contributed by atoms with E-state index in [4.69, 9.17) is 4.74 Å². The maximum Gasteiger partial charge on any atom is 0.340 e. The predicted molar refractivity (Wildman–Crippen MR) is 51.4 cm³/mol. The number of esters is 1. The number of ether oxygens (including phenoxy) is 2. The summed E-state index contributed by atoms with van der Waals surface area (Å²) in [7, 11) is 1.34. The molecule has 0 unspecified atom stereocenters. The van der Waals surface area contributed by atoms with Gasteiger partial charge in [-0.1, -0.05) is 6.07 Å². The molecule has 1 heterocycles. The highest BCUT2D eigenvalue weighted by atomic mass is 16.5. The van der Waals surface area contributed by atoms with E-state index in [-0.39, 0.29) is 0 Å². The molecule has 4 heteroatoms. The van der Waals surface area contributed by atoms with E-state index >= 15 is 0 Å². The molecule has 2 rings (SSSR count). The topological polar surface area (TPSA) is 47.9 Å². The van der Waals surface area contributed by atoms with Gasteiger partial charge < -0.3 is 9.47 Å². The number of rotatable bonds is 1. The lowest BCUT2D eigenvalue weighted by molar-refractivity contribution is 0.0601. The number of hydrogen-bond donors (Lipinski definition) is 0. The first-order valence-electron chi connectivity index (χ1n) is 4.19. The third-order valence-electron chi connectivity index (χ3n) is 1.94. The van der Waals surface area contributed by atoms with Crippen LogP contribution in [0.15, 0.2) is 23.2 Å². The van der Waals surface area contributed by atoms with Crippen molar-refractivity contribution in [2.75, 3.05) is 13.7 Å². The van der Waals surface area contributed by atoms with Crippen LogP contribution in [0.1, 0.15) is 10.4 Å². The highest BCUT2D eigenvalue weighted by molar-refractivity contribution is 5.97. The van der Waals surface area contributed by atoms with Gasteiger partial charge in [-0.15, -0.1) is 0 Å². The Hall–Kier alpha value is -1.84. The summed E-state index contributed by atoms with van der Waals surface area (Å²) in [4.78, 5) is 15.4. The van der Waals surface area contributed by atoms with Crippen molar-refractivity contribution in [1.29, 1.82) is 0 Å². The normalized spacial score (nSPS) is 12.9. The molecule has 0 fully saturated rings. The zero-order valence-corrected chi connectivity index (χ0v) is 7.69. The van der Waals surface area contributed by atoms with Gasteiger partial charge in [0.15, 0.2) is 0 Å². The molecule has 0 aromatic heterocycles. The molecule has 14 heavy (non-hydrogen) atoms. The third kappa shape index (κ3) is 1.35. The lowest BCUT2D eigenvalue weighted by atomic mass is 10.1. The average molecular weight is 191 g/mol. The second kappa shape index (κ2) is 3.49. The van der Waals surface area contributed by atoms with Crippen molar-refractivity contribution >= 4 is 17.9 Å². The number of hydrogen-bond acceptors (Lipinski definition) is 4. The van der Waals surface area contributed by atoms with Crippen molar-refractivity contribution < 1.29 is 14.3 Å². The zero-order chi connectivity index (χ0) is 9.97. The number of para-hydroxylation sites is 1. The number of carbonyl (C=O) groups excluding carboxylic acids is 1. The smallest absolute Gasteiger partial charge is 0.340 e. The Morgan fingerprint density at radius 1 is 1.57 bits per heavy atom. The van der Waals surface area contributed by atoms with Gasteiger partial charge in [0.2, 0.25) is 0 Å². The van der Waals surface area contributed by atoms with Crippen LogP contribution in [0.2, 0.25) is 0 Å². The van der Waals surface area contributed by atoms with Gasteiger partial charge in [0.1, 0.15) is 18.0 Å². The fourth-order valence-corrected chi connectivity index (χ4v) is 1.30. The molecule has 0 saturated heterocycles. The maximum absolute atomic E-state index is 11.3. The Labute approximate surface area is 81.2 Å². The molecule has 0 aliphatic carbocycles. The van der Waals surface area contributed by atoms with Gasteiger partial charge in [-0.25, -0.2) is 4.79 Å². The van der Waals surface area contributed by atoms with Crippen LogP contribution in [-0.2, 0) is 4.74 Å². The van der Waals surface area contributed by atoms with Gasteiger partial charge in [0, 0.05) is 6.21 Å². The second-order valence-corrected chi connectivity index (χ2v) is 2.77. The van der Waals surface area contributed by atoms with Crippen molar-refractivity contribution in [3.05, 3.63) is 23.8 Å². The number of benzene rings is 1. The molecule has 0 atom stereocenters. The molecule has 0 spiro atoms. The molecule has 72 valence electrons. The highest BCUT2D eigenvalue weighted by Gasteiger charge is 2.16. The summed E-state index contributed by atoms with van der Waals surface area (Å²) in [5, 5.41) is 0. The molecule has 1 aliphatic heterocycles. The van der Waals surface area contributed by atoms with E-state index < -0.39 is 5.97 Å². The van der Waals surface area contributed by atoms with Crippen LogP contribution in [0, 0.1) is 0 Å². The van der Waals surface area contributed by atoms with Crippen molar-refractivity contribution in [1.82, 2.24) is 0 Å². The first-order valence-corrected chi connectivity index (χ1v) is 4.19. The van der Waals surface area contributed by atoms with E-state index in [1.165, 1.54) is 7.11 Å². The molecule has 1 aliphatic rings. The summed E-state index contributed by atoms with van der Waals surface area (Å²) in [6.07, 6.45) is 1.62. The van der Waals surface area contributed by atoms with Gasteiger partial charge >= 0.3 is 5.97 Å². The van der Waals surface area contributed by atoms with Crippen LogP contribution in [0.25, 0.3) is 0 Å². The molecule has 0 radical (unpaired) electrons. The number of carbonyl (C=O) groups is 1. The summed E-state index contributed by atoms with van der Waals surface area (Å²) < 4.78 is 9.94. The lowest BCUT2D eigenvalue weighted by Crippen LogP contribution is -2.07. The molecular formula is C10H9NO3. The van der Waals surface area contributed by atoms with Gasteiger partial charge in [-0.05, 0) is 12.1 Å². The summed E-state index contributed by atoms with van der Waals surface area (Å²) >= 11 is 0.